The molecule has 0 bridgehead atoms. The summed E-state index contributed by atoms with van der Waals surface area (Å²) in [5.41, 5.74) is 8.16. The van der Waals surface area contributed by atoms with Crippen molar-refractivity contribution < 1.29 is 4.79 Å². The molecule has 0 aliphatic rings. The van der Waals surface area contributed by atoms with Crippen molar-refractivity contribution in [2.24, 2.45) is 5.73 Å². The van der Waals surface area contributed by atoms with Gasteiger partial charge in [0.15, 0.2) is 0 Å². The lowest BCUT2D eigenvalue weighted by atomic mass is 10.1. The fourth-order valence-corrected chi connectivity index (χ4v) is 2.20. The maximum atomic E-state index is 11.9. The molecule has 3 N–H and O–H groups in total. The fraction of sp³-hybridized carbons (Fsp3) is 0.125. The number of halogens is 1. The number of amides is 1. The minimum Gasteiger partial charge on any atom is -0.389 e. The standard InChI is InChI=1S/C16H15ClN2OS/c17-14-4-2-1-3-13(14)9-15(20)19-10-11-5-7-12(8-6-11)16(18)21/h1-8H,9-10H2,(H2,18,21)(H,19,20). The minimum absolute atomic E-state index is 0.0680. The lowest BCUT2D eigenvalue weighted by molar-refractivity contribution is -0.120. The first-order valence-electron chi connectivity index (χ1n) is 6.45. The van der Waals surface area contributed by atoms with Gasteiger partial charge in [0.2, 0.25) is 5.91 Å². The molecule has 3 nitrogen and oxygen atoms in total. The van der Waals surface area contributed by atoms with Gasteiger partial charge in [-0.3, -0.25) is 4.79 Å². The van der Waals surface area contributed by atoms with Gasteiger partial charge in [-0.05, 0) is 17.2 Å². The van der Waals surface area contributed by atoms with E-state index in [-0.39, 0.29) is 12.3 Å². The maximum absolute atomic E-state index is 11.9. The van der Waals surface area contributed by atoms with Crippen LogP contribution in [0.1, 0.15) is 16.7 Å². The summed E-state index contributed by atoms with van der Waals surface area (Å²) >= 11 is 10.9. The van der Waals surface area contributed by atoms with Gasteiger partial charge in [0.05, 0.1) is 6.42 Å². The van der Waals surface area contributed by atoms with Crippen LogP contribution in [0.25, 0.3) is 0 Å². The Morgan fingerprint density at radius 3 is 2.43 bits per heavy atom. The van der Waals surface area contributed by atoms with E-state index in [2.05, 4.69) is 5.32 Å². The average molecular weight is 319 g/mol. The lowest BCUT2D eigenvalue weighted by Gasteiger charge is -2.07. The van der Waals surface area contributed by atoms with E-state index < -0.39 is 0 Å². The molecule has 0 aromatic heterocycles. The minimum atomic E-state index is -0.0680. The van der Waals surface area contributed by atoms with Gasteiger partial charge in [-0.2, -0.15) is 0 Å². The topological polar surface area (TPSA) is 55.1 Å². The molecule has 0 spiro atoms. The monoisotopic (exact) mass is 318 g/mol. The van der Waals surface area contributed by atoms with Crippen molar-refractivity contribution in [2.45, 2.75) is 13.0 Å². The molecule has 1 amide bonds. The number of carbonyl (C=O) groups excluding carboxylic acids is 1. The molecule has 0 aliphatic heterocycles. The summed E-state index contributed by atoms with van der Waals surface area (Å²) in [6, 6.07) is 14.8. The molecule has 2 rings (SSSR count). The first-order chi connectivity index (χ1) is 10.1. The third kappa shape index (κ3) is 4.55. The molecule has 0 atom stereocenters. The number of hydrogen-bond acceptors (Lipinski definition) is 2. The van der Waals surface area contributed by atoms with Crippen LogP contribution in [0.15, 0.2) is 48.5 Å². The van der Waals surface area contributed by atoms with Gasteiger partial charge in [-0.1, -0.05) is 66.3 Å². The average Bonchev–Trinajstić information content (AvgIpc) is 2.48. The summed E-state index contributed by atoms with van der Waals surface area (Å²) in [5, 5.41) is 3.47. The van der Waals surface area contributed by atoms with E-state index in [0.717, 1.165) is 16.7 Å². The Balaban J connectivity index is 1.89. The van der Waals surface area contributed by atoms with Crippen molar-refractivity contribution in [1.82, 2.24) is 5.32 Å². The van der Waals surface area contributed by atoms with Crippen LogP contribution in [0, 0.1) is 0 Å². The van der Waals surface area contributed by atoms with Crippen LogP contribution in [0.5, 0.6) is 0 Å². The lowest BCUT2D eigenvalue weighted by Crippen LogP contribution is -2.24. The van der Waals surface area contributed by atoms with Crippen LogP contribution in [0.2, 0.25) is 5.02 Å². The molecule has 21 heavy (non-hydrogen) atoms. The molecule has 108 valence electrons. The van der Waals surface area contributed by atoms with E-state index in [9.17, 15) is 4.79 Å². The normalized spacial score (nSPS) is 10.1. The van der Waals surface area contributed by atoms with Crippen LogP contribution in [-0.2, 0) is 17.8 Å². The van der Waals surface area contributed by atoms with Crippen molar-refractivity contribution in [1.29, 1.82) is 0 Å². The van der Waals surface area contributed by atoms with Gasteiger partial charge >= 0.3 is 0 Å². The molecule has 0 heterocycles. The van der Waals surface area contributed by atoms with Crippen LogP contribution in [0.4, 0.5) is 0 Å². The van der Waals surface area contributed by atoms with Gasteiger partial charge in [0, 0.05) is 17.1 Å². The highest BCUT2D eigenvalue weighted by molar-refractivity contribution is 7.80. The summed E-state index contributed by atoms with van der Waals surface area (Å²) < 4.78 is 0. The molecule has 2 aromatic rings. The quantitative estimate of drug-likeness (QED) is 0.834. The highest BCUT2D eigenvalue weighted by Crippen LogP contribution is 2.15. The van der Waals surface area contributed by atoms with Crippen molar-refractivity contribution in [3.8, 4) is 0 Å². The Hall–Kier alpha value is -1.91. The molecule has 2 aromatic carbocycles. The van der Waals surface area contributed by atoms with Crippen molar-refractivity contribution in [2.75, 3.05) is 0 Å². The summed E-state index contributed by atoms with van der Waals surface area (Å²) in [6.07, 6.45) is 0.268. The number of carbonyl (C=O) groups is 1. The van der Waals surface area contributed by atoms with E-state index in [0.29, 0.717) is 16.6 Å². The number of nitrogens with two attached hydrogens (primary N) is 1. The molecule has 0 aliphatic carbocycles. The molecule has 0 unspecified atom stereocenters. The number of rotatable bonds is 5. The van der Waals surface area contributed by atoms with Gasteiger partial charge in [0.25, 0.3) is 0 Å². The summed E-state index contributed by atoms with van der Waals surface area (Å²) in [4.78, 5) is 12.3. The first-order valence-corrected chi connectivity index (χ1v) is 7.24. The predicted molar refractivity (Wildman–Crippen MR) is 89.3 cm³/mol. The smallest absolute Gasteiger partial charge is 0.224 e. The number of hydrogen-bond donors (Lipinski definition) is 2. The van der Waals surface area contributed by atoms with Gasteiger partial charge in [-0.25, -0.2) is 0 Å². The molecule has 0 radical (unpaired) electrons. The Bertz CT molecular complexity index is 656. The van der Waals surface area contributed by atoms with Gasteiger partial charge in [0.1, 0.15) is 4.99 Å². The molecular formula is C16H15ClN2OS. The zero-order valence-electron chi connectivity index (χ0n) is 11.3. The molecule has 0 saturated carbocycles. The van der Waals surface area contributed by atoms with E-state index in [1.165, 1.54) is 0 Å². The SMILES string of the molecule is NC(=S)c1ccc(CNC(=O)Cc2ccccc2Cl)cc1. The van der Waals surface area contributed by atoms with E-state index >= 15 is 0 Å². The van der Waals surface area contributed by atoms with E-state index in [1.807, 2.05) is 42.5 Å². The Kier molecular flexibility index (Phi) is 5.31. The third-order valence-corrected chi connectivity index (χ3v) is 3.64. The Labute approximate surface area is 134 Å². The zero-order chi connectivity index (χ0) is 15.2. The zero-order valence-corrected chi connectivity index (χ0v) is 12.9. The fourth-order valence-electron chi connectivity index (χ4n) is 1.86. The van der Waals surface area contributed by atoms with Crippen LogP contribution in [0.3, 0.4) is 0 Å². The largest absolute Gasteiger partial charge is 0.389 e. The van der Waals surface area contributed by atoms with E-state index in [4.69, 9.17) is 29.6 Å². The highest BCUT2D eigenvalue weighted by atomic mass is 35.5. The van der Waals surface area contributed by atoms with Crippen LogP contribution < -0.4 is 11.1 Å². The van der Waals surface area contributed by atoms with Gasteiger partial charge < -0.3 is 11.1 Å². The van der Waals surface area contributed by atoms with Gasteiger partial charge in [-0.15, -0.1) is 0 Å². The number of nitrogens with one attached hydrogen (secondary N) is 1. The van der Waals surface area contributed by atoms with Crippen molar-refractivity contribution in [3.05, 3.63) is 70.2 Å². The Morgan fingerprint density at radius 1 is 1.14 bits per heavy atom. The molecule has 5 heteroatoms. The second-order valence-corrected chi connectivity index (χ2v) is 5.45. The van der Waals surface area contributed by atoms with E-state index in [1.54, 1.807) is 6.07 Å². The third-order valence-electron chi connectivity index (χ3n) is 3.04. The predicted octanol–water partition coefficient (Wildman–Crippen LogP) is 2.83. The second-order valence-electron chi connectivity index (χ2n) is 4.61. The summed E-state index contributed by atoms with van der Waals surface area (Å²) in [5.74, 6) is -0.0680. The number of thiocarbonyl (C=S) groups is 1. The molecule has 0 fully saturated rings. The summed E-state index contributed by atoms with van der Waals surface area (Å²) in [7, 11) is 0. The van der Waals surface area contributed by atoms with Crippen LogP contribution in [-0.4, -0.2) is 10.9 Å². The van der Waals surface area contributed by atoms with Crippen molar-refractivity contribution >= 4 is 34.7 Å². The number of benzene rings is 2. The molecular weight excluding hydrogens is 304 g/mol. The first kappa shape index (κ1) is 15.5. The highest BCUT2D eigenvalue weighted by Gasteiger charge is 2.06. The van der Waals surface area contributed by atoms with Crippen LogP contribution >= 0.6 is 23.8 Å². The maximum Gasteiger partial charge on any atom is 0.224 e. The molecule has 0 saturated heterocycles. The summed E-state index contributed by atoms with van der Waals surface area (Å²) in [6.45, 7) is 0.459. The second kappa shape index (κ2) is 7.20. The Morgan fingerprint density at radius 2 is 1.81 bits per heavy atom. The van der Waals surface area contributed by atoms with Crippen molar-refractivity contribution in [3.63, 3.8) is 0 Å².